The van der Waals surface area contributed by atoms with E-state index in [1.807, 2.05) is 48.5 Å². The second-order valence-electron chi connectivity index (χ2n) is 8.49. The number of ether oxygens (including phenoxy) is 1. The fourth-order valence-corrected chi connectivity index (χ4v) is 4.09. The minimum atomic E-state index is -0.497. The van der Waals surface area contributed by atoms with Gasteiger partial charge in [0.05, 0.1) is 24.3 Å². The Morgan fingerprint density at radius 1 is 0.971 bits per heavy atom. The van der Waals surface area contributed by atoms with Gasteiger partial charge in [0.25, 0.3) is 5.91 Å². The first-order chi connectivity index (χ1) is 17.0. The quantitative estimate of drug-likeness (QED) is 0.516. The number of hydrogen-bond donors (Lipinski definition) is 2. The SMILES string of the molecule is CCc1ccc(N2C[C@@H](C(=O)Nc3ccccc3C(=O)NCc3ccc(OC)cc3)CC2=O)cc1. The largest absolute Gasteiger partial charge is 0.497 e. The molecule has 1 aliphatic heterocycles. The molecule has 7 heteroatoms. The van der Waals surface area contributed by atoms with Gasteiger partial charge in [-0.1, -0.05) is 43.3 Å². The van der Waals surface area contributed by atoms with Crippen molar-refractivity contribution in [3.05, 3.63) is 89.5 Å². The average molecular weight is 472 g/mol. The summed E-state index contributed by atoms with van der Waals surface area (Å²) in [6.45, 7) is 2.73. The van der Waals surface area contributed by atoms with Gasteiger partial charge in [0.1, 0.15) is 5.75 Å². The van der Waals surface area contributed by atoms with Crippen LogP contribution in [0.1, 0.15) is 34.8 Å². The fourth-order valence-electron chi connectivity index (χ4n) is 4.09. The molecule has 0 saturated carbocycles. The van der Waals surface area contributed by atoms with Crippen molar-refractivity contribution >= 4 is 29.1 Å². The molecule has 1 aliphatic rings. The molecule has 180 valence electrons. The molecular formula is C28H29N3O4. The molecule has 1 atom stereocenters. The van der Waals surface area contributed by atoms with Crippen LogP contribution in [-0.2, 0) is 22.6 Å². The molecule has 35 heavy (non-hydrogen) atoms. The van der Waals surface area contributed by atoms with Crippen LogP contribution < -0.4 is 20.3 Å². The molecule has 2 N–H and O–H groups in total. The molecule has 1 fully saturated rings. The number of anilines is 2. The number of methoxy groups -OCH3 is 1. The zero-order chi connectivity index (χ0) is 24.8. The van der Waals surface area contributed by atoms with E-state index in [-0.39, 0.29) is 24.1 Å². The smallest absolute Gasteiger partial charge is 0.253 e. The third-order valence-corrected chi connectivity index (χ3v) is 6.19. The Labute approximate surface area is 205 Å². The molecule has 4 rings (SSSR count). The van der Waals surface area contributed by atoms with E-state index >= 15 is 0 Å². The van der Waals surface area contributed by atoms with Crippen LogP contribution in [0.3, 0.4) is 0 Å². The Balaban J connectivity index is 1.39. The number of carbonyl (C=O) groups excluding carboxylic acids is 3. The number of aryl methyl sites for hydroxylation is 1. The number of para-hydroxylation sites is 1. The van der Waals surface area contributed by atoms with Crippen LogP contribution in [0.25, 0.3) is 0 Å². The van der Waals surface area contributed by atoms with Gasteiger partial charge >= 0.3 is 0 Å². The number of nitrogens with zero attached hydrogens (tertiary/aromatic N) is 1. The number of amides is 3. The zero-order valence-corrected chi connectivity index (χ0v) is 19.9. The van der Waals surface area contributed by atoms with Crippen LogP contribution in [0.2, 0.25) is 0 Å². The van der Waals surface area contributed by atoms with E-state index in [4.69, 9.17) is 4.74 Å². The minimum absolute atomic E-state index is 0.0834. The summed E-state index contributed by atoms with van der Waals surface area (Å²) in [5, 5.41) is 5.75. The fraction of sp³-hybridized carbons (Fsp3) is 0.250. The van der Waals surface area contributed by atoms with Crippen LogP contribution in [-0.4, -0.2) is 31.4 Å². The van der Waals surface area contributed by atoms with Gasteiger partial charge in [-0.15, -0.1) is 0 Å². The van der Waals surface area contributed by atoms with E-state index in [0.29, 0.717) is 24.3 Å². The summed E-state index contributed by atoms with van der Waals surface area (Å²) in [7, 11) is 1.60. The van der Waals surface area contributed by atoms with Crippen LogP contribution >= 0.6 is 0 Å². The first-order valence-corrected chi connectivity index (χ1v) is 11.7. The Kier molecular flexibility index (Phi) is 7.45. The van der Waals surface area contributed by atoms with Crippen molar-refractivity contribution in [3.8, 4) is 5.75 Å². The van der Waals surface area contributed by atoms with Gasteiger partial charge in [-0.25, -0.2) is 0 Å². The average Bonchev–Trinajstić information content (AvgIpc) is 3.29. The lowest BCUT2D eigenvalue weighted by atomic mass is 10.1. The third-order valence-electron chi connectivity index (χ3n) is 6.19. The molecule has 0 aromatic heterocycles. The number of benzene rings is 3. The van der Waals surface area contributed by atoms with Gasteiger partial charge in [0.2, 0.25) is 11.8 Å². The van der Waals surface area contributed by atoms with E-state index in [0.717, 1.165) is 23.4 Å². The topological polar surface area (TPSA) is 87.7 Å². The number of rotatable bonds is 8. The molecule has 7 nitrogen and oxygen atoms in total. The lowest BCUT2D eigenvalue weighted by Crippen LogP contribution is -2.29. The predicted octanol–water partition coefficient (Wildman–Crippen LogP) is 4.18. The number of hydrogen-bond acceptors (Lipinski definition) is 4. The van der Waals surface area contributed by atoms with Crippen LogP contribution in [0.15, 0.2) is 72.8 Å². The first-order valence-electron chi connectivity index (χ1n) is 11.7. The van der Waals surface area contributed by atoms with Crippen molar-refractivity contribution in [1.82, 2.24) is 5.32 Å². The molecule has 0 radical (unpaired) electrons. The maximum absolute atomic E-state index is 13.0. The minimum Gasteiger partial charge on any atom is -0.497 e. The Morgan fingerprint density at radius 2 is 1.66 bits per heavy atom. The molecule has 0 bridgehead atoms. The third kappa shape index (κ3) is 5.69. The lowest BCUT2D eigenvalue weighted by molar-refractivity contribution is -0.122. The lowest BCUT2D eigenvalue weighted by Gasteiger charge is -2.17. The number of nitrogens with one attached hydrogen (secondary N) is 2. The van der Waals surface area contributed by atoms with Crippen molar-refractivity contribution in [2.24, 2.45) is 5.92 Å². The van der Waals surface area contributed by atoms with Crippen molar-refractivity contribution in [2.45, 2.75) is 26.3 Å². The van der Waals surface area contributed by atoms with Crippen molar-refractivity contribution in [1.29, 1.82) is 0 Å². The van der Waals surface area contributed by atoms with Crippen LogP contribution in [0, 0.1) is 5.92 Å². The summed E-state index contributed by atoms with van der Waals surface area (Å²) in [5.41, 5.74) is 3.70. The predicted molar refractivity (Wildman–Crippen MR) is 136 cm³/mol. The molecule has 1 saturated heterocycles. The van der Waals surface area contributed by atoms with Gasteiger partial charge in [-0.2, -0.15) is 0 Å². The number of carbonyl (C=O) groups is 3. The second kappa shape index (κ2) is 10.9. The summed E-state index contributed by atoms with van der Waals surface area (Å²) >= 11 is 0. The molecule has 0 unspecified atom stereocenters. The van der Waals surface area contributed by atoms with Crippen molar-refractivity contribution in [2.75, 3.05) is 23.9 Å². The van der Waals surface area contributed by atoms with E-state index < -0.39 is 5.92 Å². The second-order valence-corrected chi connectivity index (χ2v) is 8.49. The highest BCUT2D eigenvalue weighted by Crippen LogP contribution is 2.27. The molecule has 0 spiro atoms. The zero-order valence-electron chi connectivity index (χ0n) is 19.9. The highest BCUT2D eigenvalue weighted by atomic mass is 16.5. The van der Waals surface area contributed by atoms with E-state index in [1.165, 1.54) is 5.56 Å². The molecule has 1 heterocycles. The Hall–Kier alpha value is -4.13. The molecule has 3 aromatic rings. The first kappa shape index (κ1) is 24.0. The van der Waals surface area contributed by atoms with Crippen molar-refractivity contribution in [3.63, 3.8) is 0 Å². The van der Waals surface area contributed by atoms with Gasteiger partial charge < -0.3 is 20.3 Å². The standard InChI is InChI=1S/C28H29N3O4/c1-3-19-8-12-22(13-9-19)31-18-21(16-26(31)32)27(33)30-25-7-5-4-6-24(25)28(34)29-17-20-10-14-23(35-2)15-11-20/h4-15,21H,3,16-18H2,1-2H3,(H,29,34)(H,30,33)/t21-/m0/s1. The highest BCUT2D eigenvalue weighted by molar-refractivity contribution is 6.07. The maximum atomic E-state index is 13.0. The molecular weight excluding hydrogens is 442 g/mol. The van der Waals surface area contributed by atoms with E-state index in [2.05, 4.69) is 17.6 Å². The molecule has 3 aromatic carbocycles. The van der Waals surface area contributed by atoms with Crippen LogP contribution in [0.5, 0.6) is 5.75 Å². The summed E-state index contributed by atoms with van der Waals surface area (Å²) < 4.78 is 5.16. The molecule has 0 aliphatic carbocycles. The maximum Gasteiger partial charge on any atom is 0.253 e. The normalized spacial score (nSPS) is 15.1. The van der Waals surface area contributed by atoms with Gasteiger partial charge in [0, 0.05) is 25.2 Å². The monoisotopic (exact) mass is 471 g/mol. The van der Waals surface area contributed by atoms with Crippen LogP contribution in [0.4, 0.5) is 11.4 Å². The van der Waals surface area contributed by atoms with Gasteiger partial charge in [-0.05, 0) is 53.9 Å². The van der Waals surface area contributed by atoms with Gasteiger partial charge in [-0.3, -0.25) is 14.4 Å². The van der Waals surface area contributed by atoms with Gasteiger partial charge in [0.15, 0.2) is 0 Å². The van der Waals surface area contributed by atoms with E-state index in [1.54, 1.807) is 36.3 Å². The highest BCUT2D eigenvalue weighted by Gasteiger charge is 2.35. The van der Waals surface area contributed by atoms with E-state index in [9.17, 15) is 14.4 Å². The Morgan fingerprint density at radius 3 is 2.34 bits per heavy atom. The van der Waals surface area contributed by atoms with Crippen molar-refractivity contribution < 1.29 is 19.1 Å². The summed E-state index contributed by atoms with van der Waals surface area (Å²) in [6, 6.07) is 22.1. The molecule has 3 amide bonds. The Bertz CT molecular complexity index is 1210. The summed E-state index contributed by atoms with van der Waals surface area (Å²) in [5.74, 6) is -0.406. The summed E-state index contributed by atoms with van der Waals surface area (Å²) in [4.78, 5) is 40.1. The summed E-state index contributed by atoms with van der Waals surface area (Å²) in [6.07, 6.45) is 1.06.